The van der Waals surface area contributed by atoms with Crippen molar-refractivity contribution in [1.82, 2.24) is 14.5 Å². The SMILES string of the molecule is CC(C)(C)C(=O)Nc1ccc(-n2ccnc2)nc1. The van der Waals surface area contributed by atoms with Gasteiger partial charge in [0.2, 0.25) is 5.91 Å². The van der Waals surface area contributed by atoms with Crippen molar-refractivity contribution in [2.75, 3.05) is 5.32 Å². The van der Waals surface area contributed by atoms with Crippen molar-refractivity contribution in [2.24, 2.45) is 5.41 Å². The minimum Gasteiger partial charge on any atom is -0.324 e. The molecule has 2 heterocycles. The highest BCUT2D eigenvalue weighted by Gasteiger charge is 2.21. The topological polar surface area (TPSA) is 59.8 Å². The van der Waals surface area contributed by atoms with E-state index in [1.54, 1.807) is 23.3 Å². The van der Waals surface area contributed by atoms with Gasteiger partial charge in [0.25, 0.3) is 0 Å². The van der Waals surface area contributed by atoms with E-state index in [2.05, 4.69) is 15.3 Å². The number of pyridine rings is 1. The highest BCUT2D eigenvalue weighted by atomic mass is 16.2. The second kappa shape index (κ2) is 4.60. The Hall–Kier alpha value is -2.17. The monoisotopic (exact) mass is 244 g/mol. The molecule has 0 aliphatic heterocycles. The molecule has 0 saturated carbocycles. The average Bonchev–Trinajstić information content (AvgIpc) is 2.82. The van der Waals surface area contributed by atoms with E-state index in [0.29, 0.717) is 5.69 Å². The first-order valence-electron chi connectivity index (χ1n) is 5.73. The number of nitrogens with one attached hydrogen (secondary N) is 1. The fraction of sp³-hybridized carbons (Fsp3) is 0.308. The van der Waals surface area contributed by atoms with Crippen LogP contribution in [0.25, 0.3) is 5.82 Å². The summed E-state index contributed by atoms with van der Waals surface area (Å²) in [5.74, 6) is 0.737. The molecule has 0 saturated heterocycles. The number of amides is 1. The van der Waals surface area contributed by atoms with E-state index in [9.17, 15) is 4.79 Å². The Labute approximate surface area is 106 Å². The minimum absolute atomic E-state index is 0.0281. The smallest absolute Gasteiger partial charge is 0.229 e. The third-order valence-corrected chi connectivity index (χ3v) is 2.46. The lowest BCUT2D eigenvalue weighted by molar-refractivity contribution is -0.123. The zero-order valence-electron chi connectivity index (χ0n) is 10.7. The molecule has 0 radical (unpaired) electrons. The third kappa shape index (κ3) is 2.74. The lowest BCUT2D eigenvalue weighted by Gasteiger charge is -2.17. The van der Waals surface area contributed by atoms with Gasteiger partial charge in [-0.3, -0.25) is 9.36 Å². The molecule has 18 heavy (non-hydrogen) atoms. The van der Waals surface area contributed by atoms with Crippen LogP contribution in [0.3, 0.4) is 0 Å². The summed E-state index contributed by atoms with van der Waals surface area (Å²) >= 11 is 0. The van der Waals surface area contributed by atoms with Gasteiger partial charge in [-0.25, -0.2) is 9.97 Å². The molecule has 1 amide bonds. The van der Waals surface area contributed by atoms with E-state index in [1.165, 1.54) is 0 Å². The van der Waals surface area contributed by atoms with Crippen LogP contribution in [0.5, 0.6) is 0 Å². The Kier molecular flexibility index (Phi) is 3.14. The highest BCUT2D eigenvalue weighted by molar-refractivity contribution is 5.94. The lowest BCUT2D eigenvalue weighted by Crippen LogP contribution is -2.27. The maximum Gasteiger partial charge on any atom is 0.229 e. The maximum atomic E-state index is 11.8. The van der Waals surface area contributed by atoms with E-state index < -0.39 is 5.41 Å². The second-order valence-electron chi connectivity index (χ2n) is 5.08. The molecule has 94 valence electrons. The van der Waals surface area contributed by atoms with Crippen LogP contribution in [-0.2, 0) is 4.79 Å². The van der Waals surface area contributed by atoms with Crippen LogP contribution in [0.15, 0.2) is 37.1 Å². The Morgan fingerprint density at radius 1 is 1.33 bits per heavy atom. The highest BCUT2D eigenvalue weighted by Crippen LogP contribution is 2.17. The summed E-state index contributed by atoms with van der Waals surface area (Å²) in [6.07, 6.45) is 6.82. The number of rotatable bonds is 2. The molecule has 2 aromatic rings. The van der Waals surface area contributed by atoms with Crippen LogP contribution >= 0.6 is 0 Å². The molecule has 2 aromatic heterocycles. The summed E-state index contributed by atoms with van der Waals surface area (Å²) in [5, 5.41) is 2.83. The van der Waals surface area contributed by atoms with Gasteiger partial charge >= 0.3 is 0 Å². The van der Waals surface area contributed by atoms with Crippen molar-refractivity contribution in [1.29, 1.82) is 0 Å². The quantitative estimate of drug-likeness (QED) is 0.881. The number of hydrogen-bond donors (Lipinski definition) is 1. The van der Waals surface area contributed by atoms with Crippen LogP contribution in [0.4, 0.5) is 5.69 Å². The number of carbonyl (C=O) groups is 1. The molecule has 5 nitrogen and oxygen atoms in total. The average molecular weight is 244 g/mol. The van der Waals surface area contributed by atoms with Gasteiger partial charge in [0, 0.05) is 17.8 Å². The van der Waals surface area contributed by atoms with Crippen LogP contribution in [0.1, 0.15) is 20.8 Å². The molecule has 0 fully saturated rings. The first-order chi connectivity index (χ1) is 8.47. The molecular formula is C13H16N4O. The molecule has 0 spiro atoms. The van der Waals surface area contributed by atoms with Crippen LogP contribution < -0.4 is 5.32 Å². The first-order valence-corrected chi connectivity index (χ1v) is 5.73. The zero-order valence-corrected chi connectivity index (χ0v) is 10.7. The zero-order chi connectivity index (χ0) is 13.2. The van der Waals surface area contributed by atoms with Gasteiger partial charge in [0.05, 0.1) is 11.9 Å². The molecular weight excluding hydrogens is 228 g/mol. The van der Waals surface area contributed by atoms with E-state index in [4.69, 9.17) is 0 Å². The van der Waals surface area contributed by atoms with Crippen LogP contribution in [0, 0.1) is 5.41 Å². The van der Waals surface area contributed by atoms with Gasteiger partial charge in [0.1, 0.15) is 12.1 Å². The summed E-state index contributed by atoms with van der Waals surface area (Å²) in [5.41, 5.74) is 0.280. The van der Waals surface area contributed by atoms with Gasteiger partial charge < -0.3 is 5.32 Å². The third-order valence-electron chi connectivity index (χ3n) is 2.46. The number of hydrogen-bond acceptors (Lipinski definition) is 3. The van der Waals surface area contributed by atoms with Gasteiger partial charge in [-0.05, 0) is 12.1 Å². The van der Waals surface area contributed by atoms with Crippen molar-refractivity contribution < 1.29 is 4.79 Å². The molecule has 0 aliphatic rings. The Morgan fingerprint density at radius 3 is 2.61 bits per heavy atom. The van der Waals surface area contributed by atoms with Crippen molar-refractivity contribution >= 4 is 11.6 Å². The van der Waals surface area contributed by atoms with Crippen molar-refractivity contribution in [3.8, 4) is 5.82 Å². The molecule has 0 unspecified atom stereocenters. The number of aromatic nitrogens is 3. The van der Waals surface area contributed by atoms with Crippen LogP contribution in [-0.4, -0.2) is 20.4 Å². The van der Waals surface area contributed by atoms with E-state index in [1.807, 2.05) is 39.1 Å². The van der Waals surface area contributed by atoms with E-state index in [-0.39, 0.29) is 5.91 Å². The second-order valence-corrected chi connectivity index (χ2v) is 5.08. The van der Waals surface area contributed by atoms with Crippen molar-refractivity contribution in [2.45, 2.75) is 20.8 Å². The van der Waals surface area contributed by atoms with E-state index in [0.717, 1.165) is 5.82 Å². The predicted octanol–water partition coefficient (Wildman–Crippen LogP) is 2.25. The Balaban J connectivity index is 2.12. The summed E-state index contributed by atoms with van der Waals surface area (Å²) in [6, 6.07) is 3.66. The maximum absolute atomic E-state index is 11.8. The molecule has 5 heteroatoms. The predicted molar refractivity (Wildman–Crippen MR) is 69.4 cm³/mol. The standard InChI is InChI=1S/C13H16N4O/c1-13(2,3)12(18)16-10-4-5-11(15-8-10)17-7-6-14-9-17/h4-9H,1-3H3,(H,16,18). The number of carbonyl (C=O) groups excluding carboxylic acids is 1. The molecule has 0 aliphatic carbocycles. The number of nitrogens with zero attached hydrogens (tertiary/aromatic N) is 3. The molecule has 1 N–H and O–H groups in total. The summed E-state index contributed by atoms with van der Waals surface area (Å²) in [4.78, 5) is 20.0. The van der Waals surface area contributed by atoms with Crippen LogP contribution in [0.2, 0.25) is 0 Å². The minimum atomic E-state index is -0.414. The molecule has 0 atom stereocenters. The Morgan fingerprint density at radius 2 is 2.11 bits per heavy atom. The lowest BCUT2D eigenvalue weighted by atomic mass is 9.96. The summed E-state index contributed by atoms with van der Waals surface area (Å²) in [7, 11) is 0. The summed E-state index contributed by atoms with van der Waals surface area (Å²) in [6.45, 7) is 5.61. The molecule has 2 rings (SSSR count). The fourth-order valence-corrected chi connectivity index (χ4v) is 1.33. The molecule has 0 bridgehead atoms. The van der Waals surface area contributed by atoms with Gasteiger partial charge in [-0.1, -0.05) is 20.8 Å². The van der Waals surface area contributed by atoms with Gasteiger partial charge in [-0.2, -0.15) is 0 Å². The van der Waals surface area contributed by atoms with Crippen molar-refractivity contribution in [3.05, 3.63) is 37.1 Å². The summed E-state index contributed by atoms with van der Waals surface area (Å²) < 4.78 is 1.80. The van der Waals surface area contributed by atoms with Gasteiger partial charge in [0.15, 0.2) is 0 Å². The fourth-order valence-electron chi connectivity index (χ4n) is 1.33. The van der Waals surface area contributed by atoms with Gasteiger partial charge in [-0.15, -0.1) is 0 Å². The number of imidazole rings is 1. The van der Waals surface area contributed by atoms with Crippen molar-refractivity contribution in [3.63, 3.8) is 0 Å². The Bertz CT molecular complexity index is 523. The molecule has 0 aromatic carbocycles. The van der Waals surface area contributed by atoms with E-state index >= 15 is 0 Å². The normalized spacial score (nSPS) is 11.3. The largest absolute Gasteiger partial charge is 0.324 e. The number of anilines is 1. The first kappa shape index (κ1) is 12.3.